The molecule has 0 N–H and O–H groups in total. The second-order valence-corrected chi connectivity index (χ2v) is 14.1. The number of hydrogen-bond donors (Lipinski definition) is 0. The van der Waals surface area contributed by atoms with Gasteiger partial charge in [0.1, 0.15) is 0 Å². The molecule has 0 aromatic heterocycles. The molecule has 0 saturated heterocycles. The minimum absolute atomic E-state index is 1.10. The number of rotatable bonds is 7. The summed E-state index contributed by atoms with van der Waals surface area (Å²) in [6, 6.07) is 81.6. The van der Waals surface area contributed by atoms with E-state index >= 15 is 0 Å². The third-order valence-electron chi connectivity index (χ3n) is 10.8. The summed E-state index contributed by atoms with van der Waals surface area (Å²) in [5, 5.41) is 7.39. The lowest BCUT2D eigenvalue weighted by atomic mass is 9.87. The van der Waals surface area contributed by atoms with Crippen molar-refractivity contribution in [3.05, 3.63) is 224 Å². The van der Waals surface area contributed by atoms with Crippen LogP contribution in [-0.4, -0.2) is 0 Å². The van der Waals surface area contributed by atoms with Crippen molar-refractivity contribution >= 4 is 49.4 Å². The Bertz CT molecular complexity index is 2950. The highest BCUT2D eigenvalue weighted by Gasteiger charge is 2.23. The van der Waals surface area contributed by atoms with E-state index in [-0.39, 0.29) is 0 Å². The predicted molar refractivity (Wildman–Crippen MR) is 235 cm³/mol. The molecule has 1 heteroatoms. The second kappa shape index (κ2) is 14.0. The average molecular weight is 700 g/mol. The Morgan fingerprint density at radius 1 is 0.255 bits per heavy atom. The summed E-state index contributed by atoms with van der Waals surface area (Å²) in [6.45, 7) is 0. The van der Waals surface area contributed by atoms with Gasteiger partial charge in [0.15, 0.2) is 0 Å². The van der Waals surface area contributed by atoms with E-state index in [0.717, 1.165) is 17.1 Å². The quantitative estimate of drug-likeness (QED) is 0.150. The van der Waals surface area contributed by atoms with E-state index in [9.17, 15) is 0 Å². The number of benzene rings is 10. The number of anilines is 3. The van der Waals surface area contributed by atoms with Crippen molar-refractivity contribution in [2.24, 2.45) is 0 Å². The van der Waals surface area contributed by atoms with Crippen LogP contribution in [0, 0.1) is 0 Å². The van der Waals surface area contributed by atoms with Gasteiger partial charge in [0.25, 0.3) is 0 Å². The zero-order valence-electron chi connectivity index (χ0n) is 30.3. The van der Waals surface area contributed by atoms with E-state index in [1.165, 1.54) is 76.8 Å². The molecular formula is C54H37N. The van der Waals surface area contributed by atoms with Crippen LogP contribution in [0.15, 0.2) is 224 Å². The van der Waals surface area contributed by atoms with Gasteiger partial charge in [-0.05, 0) is 108 Å². The van der Waals surface area contributed by atoms with Crippen molar-refractivity contribution in [3.63, 3.8) is 0 Å². The molecule has 0 aliphatic carbocycles. The van der Waals surface area contributed by atoms with Crippen molar-refractivity contribution in [3.8, 4) is 44.5 Å². The molecule has 0 atom stereocenters. The van der Waals surface area contributed by atoms with Crippen LogP contribution in [0.1, 0.15) is 0 Å². The Kier molecular flexibility index (Phi) is 8.24. The first-order valence-corrected chi connectivity index (χ1v) is 18.9. The van der Waals surface area contributed by atoms with Gasteiger partial charge in [-0.15, -0.1) is 0 Å². The predicted octanol–water partition coefficient (Wildman–Crippen LogP) is 15.3. The highest BCUT2D eigenvalue weighted by Crippen LogP contribution is 2.49. The van der Waals surface area contributed by atoms with Gasteiger partial charge in [0.2, 0.25) is 0 Å². The van der Waals surface area contributed by atoms with Gasteiger partial charge >= 0.3 is 0 Å². The van der Waals surface area contributed by atoms with E-state index in [1.54, 1.807) is 0 Å². The zero-order chi connectivity index (χ0) is 36.6. The molecule has 0 saturated carbocycles. The molecule has 0 aliphatic heterocycles. The molecule has 0 heterocycles. The van der Waals surface area contributed by atoms with E-state index in [0.29, 0.717) is 0 Å². The van der Waals surface area contributed by atoms with Gasteiger partial charge in [0.05, 0.1) is 5.69 Å². The molecule has 0 bridgehead atoms. The molecule has 0 amide bonds. The van der Waals surface area contributed by atoms with Crippen LogP contribution >= 0.6 is 0 Å². The second-order valence-electron chi connectivity index (χ2n) is 14.1. The van der Waals surface area contributed by atoms with Gasteiger partial charge in [-0.3, -0.25) is 0 Å². The molecular weight excluding hydrogens is 663 g/mol. The topological polar surface area (TPSA) is 3.24 Å². The van der Waals surface area contributed by atoms with Crippen molar-refractivity contribution in [2.45, 2.75) is 0 Å². The largest absolute Gasteiger partial charge is 0.310 e. The molecule has 10 rings (SSSR count). The van der Waals surface area contributed by atoms with Crippen LogP contribution < -0.4 is 4.90 Å². The fraction of sp³-hybridized carbons (Fsp3) is 0. The Morgan fingerprint density at radius 3 is 1.45 bits per heavy atom. The maximum absolute atomic E-state index is 2.45. The SMILES string of the molecule is c1ccc(-c2ccc(-c3cccc(N(c4ccc(-c5ccccc5)cc4)c4ccc5ccccc5c4)c3-c3cc4ccccc4c4ccccc34)cc2)cc1. The molecule has 1 nitrogen and oxygen atoms in total. The normalized spacial score (nSPS) is 11.3. The van der Waals surface area contributed by atoms with Crippen molar-refractivity contribution in [2.75, 3.05) is 4.90 Å². The van der Waals surface area contributed by atoms with Crippen molar-refractivity contribution in [1.29, 1.82) is 0 Å². The molecule has 0 aliphatic rings. The van der Waals surface area contributed by atoms with E-state index < -0.39 is 0 Å². The fourth-order valence-electron chi connectivity index (χ4n) is 8.16. The first-order valence-electron chi connectivity index (χ1n) is 18.9. The lowest BCUT2D eigenvalue weighted by Crippen LogP contribution is -2.12. The van der Waals surface area contributed by atoms with Crippen LogP contribution in [0.2, 0.25) is 0 Å². The van der Waals surface area contributed by atoms with Gasteiger partial charge < -0.3 is 4.90 Å². The zero-order valence-corrected chi connectivity index (χ0v) is 30.3. The minimum atomic E-state index is 1.10. The number of nitrogens with zero attached hydrogens (tertiary/aromatic N) is 1. The van der Waals surface area contributed by atoms with Gasteiger partial charge in [-0.25, -0.2) is 0 Å². The first kappa shape index (κ1) is 32.4. The van der Waals surface area contributed by atoms with Crippen LogP contribution in [0.3, 0.4) is 0 Å². The van der Waals surface area contributed by atoms with Crippen LogP contribution in [0.5, 0.6) is 0 Å². The first-order chi connectivity index (χ1) is 27.3. The summed E-state index contributed by atoms with van der Waals surface area (Å²) in [5.74, 6) is 0. The molecule has 0 radical (unpaired) electrons. The van der Waals surface area contributed by atoms with E-state index in [1.807, 2.05) is 0 Å². The van der Waals surface area contributed by atoms with Crippen molar-refractivity contribution in [1.82, 2.24) is 0 Å². The molecule has 0 fully saturated rings. The summed E-state index contributed by atoms with van der Waals surface area (Å²) >= 11 is 0. The van der Waals surface area contributed by atoms with Crippen LogP contribution in [0.4, 0.5) is 17.1 Å². The van der Waals surface area contributed by atoms with E-state index in [4.69, 9.17) is 0 Å². The van der Waals surface area contributed by atoms with Crippen LogP contribution in [0.25, 0.3) is 76.8 Å². The molecule has 10 aromatic carbocycles. The summed E-state index contributed by atoms with van der Waals surface area (Å²) in [5.41, 5.74) is 12.9. The summed E-state index contributed by atoms with van der Waals surface area (Å²) in [4.78, 5) is 2.45. The van der Waals surface area contributed by atoms with Crippen molar-refractivity contribution < 1.29 is 0 Å². The maximum Gasteiger partial charge on any atom is 0.0546 e. The molecule has 258 valence electrons. The Hall–Kier alpha value is -7.22. The summed E-state index contributed by atoms with van der Waals surface area (Å²) in [6.07, 6.45) is 0. The fourth-order valence-corrected chi connectivity index (χ4v) is 8.16. The lowest BCUT2D eigenvalue weighted by molar-refractivity contribution is 1.29. The monoisotopic (exact) mass is 699 g/mol. The highest BCUT2D eigenvalue weighted by molar-refractivity contribution is 6.16. The third kappa shape index (κ3) is 6.02. The lowest BCUT2D eigenvalue weighted by Gasteiger charge is -2.30. The molecule has 55 heavy (non-hydrogen) atoms. The molecule has 0 unspecified atom stereocenters. The van der Waals surface area contributed by atoms with E-state index in [2.05, 4.69) is 229 Å². The summed E-state index contributed by atoms with van der Waals surface area (Å²) in [7, 11) is 0. The summed E-state index contributed by atoms with van der Waals surface area (Å²) < 4.78 is 0. The maximum atomic E-state index is 2.45. The third-order valence-corrected chi connectivity index (χ3v) is 10.8. The number of fused-ring (bicyclic) bond motifs is 4. The number of hydrogen-bond acceptors (Lipinski definition) is 1. The average Bonchev–Trinajstić information content (AvgIpc) is 3.27. The standard InChI is InChI=1S/C54H37N/c1-3-14-38(15-4-1)41-26-28-43(29-27-41)49-24-13-25-53(54(49)52-37-45-20-9-10-21-48(45)50-22-11-12-23-51(50)52)55(47-35-32-40-18-7-8-19-44(40)36-47)46-33-30-42(31-34-46)39-16-5-2-6-17-39/h1-37H. The Balaban J connectivity index is 1.26. The van der Waals surface area contributed by atoms with Gasteiger partial charge in [-0.2, -0.15) is 0 Å². The molecule has 10 aromatic rings. The Labute approximate surface area is 322 Å². The van der Waals surface area contributed by atoms with Crippen LogP contribution in [-0.2, 0) is 0 Å². The minimum Gasteiger partial charge on any atom is -0.310 e. The molecule has 0 spiro atoms. The highest BCUT2D eigenvalue weighted by atomic mass is 15.1. The van der Waals surface area contributed by atoms with Gasteiger partial charge in [-0.1, -0.05) is 188 Å². The van der Waals surface area contributed by atoms with Gasteiger partial charge in [0, 0.05) is 16.9 Å². The Morgan fingerprint density at radius 2 is 0.764 bits per heavy atom. The smallest absolute Gasteiger partial charge is 0.0546 e.